The fourth-order valence-corrected chi connectivity index (χ4v) is 1.90. The number of nitrogens with zero attached hydrogens (tertiary/aromatic N) is 1. The maximum absolute atomic E-state index is 10.0. The zero-order valence-corrected chi connectivity index (χ0v) is 8.81. The highest BCUT2D eigenvalue weighted by Crippen LogP contribution is 2.23. The third kappa shape index (κ3) is 2.27. The summed E-state index contributed by atoms with van der Waals surface area (Å²) < 4.78 is 4.97. The van der Waals surface area contributed by atoms with Crippen molar-refractivity contribution < 1.29 is 9.84 Å². The molecule has 2 N–H and O–H groups in total. The van der Waals surface area contributed by atoms with Gasteiger partial charge in [0.15, 0.2) is 0 Å². The van der Waals surface area contributed by atoms with Crippen LogP contribution in [-0.4, -0.2) is 29.8 Å². The Bertz CT molecular complexity index is 307. The second-order valence-corrected chi connectivity index (χ2v) is 3.78. The van der Waals surface area contributed by atoms with Crippen LogP contribution < -0.4 is 10.1 Å². The summed E-state index contributed by atoms with van der Waals surface area (Å²) in [7, 11) is 1.58. The third-order valence-electron chi connectivity index (χ3n) is 2.79. The van der Waals surface area contributed by atoms with Gasteiger partial charge < -0.3 is 15.2 Å². The topological polar surface area (TPSA) is 54.4 Å². The van der Waals surface area contributed by atoms with Gasteiger partial charge in [-0.1, -0.05) is 0 Å². The van der Waals surface area contributed by atoms with Crippen LogP contribution in [0.2, 0.25) is 0 Å². The Balaban J connectivity index is 2.07. The van der Waals surface area contributed by atoms with E-state index in [2.05, 4.69) is 10.3 Å². The number of aromatic nitrogens is 1. The van der Waals surface area contributed by atoms with Crippen LogP contribution in [0.3, 0.4) is 0 Å². The van der Waals surface area contributed by atoms with E-state index in [0.29, 0.717) is 5.88 Å². The molecule has 2 unspecified atom stereocenters. The summed E-state index contributed by atoms with van der Waals surface area (Å²) in [5.41, 5.74) is 0.843. The highest BCUT2D eigenvalue weighted by molar-refractivity contribution is 5.21. The van der Waals surface area contributed by atoms with Crippen molar-refractivity contribution in [3.63, 3.8) is 0 Å². The Hall–Kier alpha value is -1.13. The lowest BCUT2D eigenvalue weighted by Crippen LogP contribution is -2.28. The first-order chi connectivity index (χ1) is 7.31. The molecule has 0 bridgehead atoms. The highest BCUT2D eigenvalue weighted by atomic mass is 16.5. The number of hydrogen-bond donors (Lipinski definition) is 2. The lowest BCUT2D eigenvalue weighted by Gasteiger charge is -2.18. The maximum Gasteiger partial charge on any atom is 0.212 e. The van der Waals surface area contributed by atoms with Gasteiger partial charge in [-0.15, -0.1) is 0 Å². The average molecular weight is 208 g/mol. The van der Waals surface area contributed by atoms with Crippen LogP contribution in [0.5, 0.6) is 5.88 Å². The molecule has 0 saturated carbocycles. The normalized spacial score (nSPS) is 22.7. The first-order valence-electron chi connectivity index (χ1n) is 5.22. The number of hydrogen-bond acceptors (Lipinski definition) is 4. The molecule has 2 heterocycles. The Kier molecular flexibility index (Phi) is 3.18. The van der Waals surface area contributed by atoms with Crippen LogP contribution >= 0.6 is 0 Å². The molecule has 1 fully saturated rings. The van der Waals surface area contributed by atoms with Crippen LogP contribution in [0, 0.1) is 0 Å². The van der Waals surface area contributed by atoms with Gasteiger partial charge in [0.05, 0.1) is 13.2 Å². The van der Waals surface area contributed by atoms with Crippen LogP contribution in [0.15, 0.2) is 18.3 Å². The number of nitrogens with one attached hydrogen (secondary N) is 1. The minimum absolute atomic E-state index is 0.167. The van der Waals surface area contributed by atoms with Crippen LogP contribution in [0.4, 0.5) is 0 Å². The van der Waals surface area contributed by atoms with Crippen molar-refractivity contribution in [2.24, 2.45) is 0 Å². The van der Waals surface area contributed by atoms with Crippen molar-refractivity contribution in [3.05, 3.63) is 23.9 Å². The summed E-state index contributed by atoms with van der Waals surface area (Å²) in [6, 6.07) is 3.80. The molecule has 1 aliphatic heterocycles. The molecule has 1 aliphatic rings. The molecule has 1 saturated heterocycles. The van der Waals surface area contributed by atoms with E-state index in [9.17, 15) is 5.11 Å². The molecule has 82 valence electrons. The van der Waals surface area contributed by atoms with E-state index in [1.165, 1.54) is 0 Å². The monoisotopic (exact) mass is 208 g/mol. The molecule has 0 radical (unpaired) electrons. The Morgan fingerprint density at radius 2 is 2.47 bits per heavy atom. The van der Waals surface area contributed by atoms with Gasteiger partial charge in [-0.05, 0) is 25.5 Å². The smallest absolute Gasteiger partial charge is 0.212 e. The Morgan fingerprint density at radius 1 is 1.60 bits per heavy atom. The average Bonchev–Trinajstić information content (AvgIpc) is 2.82. The molecule has 1 aromatic heterocycles. The summed E-state index contributed by atoms with van der Waals surface area (Å²) >= 11 is 0. The van der Waals surface area contributed by atoms with Gasteiger partial charge in [-0.3, -0.25) is 0 Å². The molecule has 0 amide bonds. The molecular formula is C11H16N2O2. The lowest BCUT2D eigenvalue weighted by atomic mass is 10.0. The summed E-state index contributed by atoms with van der Waals surface area (Å²) in [6.45, 7) is 0.991. The lowest BCUT2D eigenvalue weighted by molar-refractivity contribution is 0.137. The summed E-state index contributed by atoms with van der Waals surface area (Å²) in [5.74, 6) is 0.574. The van der Waals surface area contributed by atoms with Gasteiger partial charge in [0.1, 0.15) is 0 Å². The van der Waals surface area contributed by atoms with E-state index in [4.69, 9.17) is 4.74 Å². The summed E-state index contributed by atoms with van der Waals surface area (Å²) in [5, 5.41) is 13.3. The second-order valence-electron chi connectivity index (χ2n) is 3.78. The fraction of sp³-hybridized carbons (Fsp3) is 0.545. The van der Waals surface area contributed by atoms with E-state index in [1.54, 1.807) is 19.4 Å². The van der Waals surface area contributed by atoms with Gasteiger partial charge in [0, 0.05) is 23.9 Å². The zero-order valence-electron chi connectivity index (χ0n) is 8.81. The van der Waals surface area contributed by atoms with Gasteiger partial charge in [0.2, 0.25) is 5.88 Å². The minimum atomic E-state index is -0.467. The Labute approximate surface area is 89.3 Å². The van der Waals surface area contributed by atoms with Gasteiger partial charge in [0.25, 0.3) is 0 Å². The largest absolute Gasteiger partial charge is 0.481 e. The number of aliphatic hydroxyl groups excluding tert-OH is 1. The predicted molar refractivity (Wildman–Crippen MR) is 56.8 cm³/mol. The number of rotatable bonds is 3. The molecule has 2 atom stereocenters. The summed E-state index contributed by atoms with van der Waals surface area (Å²) in [6.07, 6.45) is 3.35. The zero-order chi connectivity index (χ0) is 10.7. The van der Waals surface area contributed by atoms with Gasteiger partial charge >= 0.3 is 0 Å². The predicted octanol–water partition coefficient (Wildman–Crippen LogP) is 0.876. The number of methoxy groups -OCH3 is 1. The molecule has 1 aromatic rings. The highest BCUT2D eigenvalue weighted by Gasteiger charge is 2.23. The van der Waals surface area contributed by atoms with Gasteiger partial charge in [-0.2, -0.15) is 0 Å². The van der Waals surface area contributed by atoms with Crippen LogP contribution in [0.25, 0.3) is 0 Å². The molecule has 0 aromatic carbocycles. The number of pyridine rings is 1. The standard InChI is InChI=1S/C11H16N2O2/c1-15-10-5-4-8(7-13-10)11(14)9-3-2-6-12-9/h4-5,7,9,11-12,14H,2-3,6H2,1H3. The Morgan fingerprint density at radius 3 is 3.00 bits per heavy atom. The van der Waals surface area contributed by atoms with E-state index in [-0.39, 0.29) is 6.04 Å². The molecule has 4 heteroatoms. The van der Waals surface area contributed by atoms with Crippen LogP contribution in [0.1, 0.15) is 24.5 Å². The fourth-order valence-electron chi connectivity index (χ4n) is 1.90. The third-order valence-corrected chi connectivity index (χ3v) is 2.79. The number of ether oxygens (including phenoxy) is 1. The van der Waals surface area contributed by atoms with E-state index < -0.39 is 6.10 Å². The first-order valence-corrected chi connectivity index (χ1v) is 5.22. The second kappa shape index (κ2) is 4.59. The van der Waals surface area contributed by atoms with Crippen molar-refractivity contribution in [2.45, 2.75) is 25.0 Å². The van der Waals surface area contributed by atoms with Crippen molar-refractivity contribution in [3.8, 4) is 5.88 Å². The molecule has 2 rings (SSSR count). The number of aliphatic hydroxyl groups is 1. The van der Waals surface area contributed by atoms with E-state index >= 15 is 0 Å². The van der Waals surface area contributed by atoms with Crippen molar-refractivity contribution >= 4 is 0 Å². The van der Waals surface area contributed by atoms with Crippen molar-refractivity contribution in [1.82, 2.24) is 10.3 Å². The SMILES string of the molecule is COc1ccc(C(O)C2CCCN2)cn1. The van der Waals surface area contributed by atoms with E-state index in [1.807, 2.05) is 6.07 Å². The van der Waals surface area contributed by atoms with Crippen LogP contribution in [-0.2, 0) is 0 Å². The molecular weight excluding hydrogens is 192 g/mol. The molecule has 4 nitrogen and oxygen atoms in total. The molecule has 0 spiro atoms. The maximum atomic E-state index is 10.0. The molecule has 15 heavy (non-hydrogen) atoms. The first kappa shape index (κ1) is 10.4. The summed E-state index contributed by atoms with van der Waals surface area (Å²) in [4.78, 5) is 4.08. The van der Waals surface area contributed by atoms with Gasteiger partial charge in [-0.25, -0.2) is 4.98 Å². The van der Waals surface area contributed by atoms with Crippen molar-refractivity contribution in [2.75, 3.05) is 13.7 Å². The molecule has 0 aliphatic carbocycles. The quantitative estimate of drug-likeness (QED) is 0.774. The minimum Gasteiger partial charge on any atom is -0.481 e. The van der Waals surface area contributed by atoms with E-state index in [0.717, 1.165) is 24.9 Å². The van der Waals surface area contributed by atoms with Crippen molar-refractivity contribution in [1.29, 1.82) is 0 Å².